The zero-order valence-corrected chi connectivity index (χ0v) is 8.25. The van der Waals surface area contributed by atoms with Crippen molar-refractivity contribution in [3.8, 4) is 5.75 Å². The zero-order chi connectivity index (χ0) is 9.90. The van der Waals surface area contributed by atoms with Crippen LogP contribution < -0.4 is 5.73 Å². The Hall–Kier alpha value is -1.02. The third-order valence-corrected chi connectivity index (χ3v) is 2.68. The Balaban J connectivity index is 3.05. The molecule has 1 aromatic carbocycles. The number of phenols is 1. The summed E-state index contributed by atoms with van der Waals surface area (Å²) >= 11 is 0. The van der Waals surface area contributed by atoms with Crippen molar-refractivity contribution in [1.82, 2.24) is 0 Å². The van der Waals surface area contributed by atoms with E-state index >= 15 is 0 Å². The molecular formula is C11H17NO. The topological polar surface area (TPSA) is 46.2 Å². The summed E-state index contributed by atoms with van der Waals surface area (Å²) in [5.74, 6) is 0.286. The van der Waals surface area contributed by atoms with Crippen molar-refractivity contribution in [1.29, 1.82) is 0 Å². The second-order valence-electron chi connectivity index (χ2n) is 3.41. The van der Waals surface area contributed by atoms with Gasteiger partial charge in [0.15, 0.2) is 0 Å². The van der Waals surface area contributed by atoms with Gasteiger partial charge in [-0.25, -0.2) is 0 Å². The van der Waals surface area contributed by atoms with Gasteiger partial charge in [0.2, 0.25) is 0 Å². The van der Waals surface area contributed by atoms with Crippen LogP contribution in [0.5, 0.6) is 5.75 Å². The molecule has 2 heteroatoms. The molecule has 2 nitrogen and oxygen atoms in total. The maximum Gasteiger partial charge on any atom is 0.115 e. The van der Waals surface area contributed by atoms with Gasteiger partial charge in [0.25, 0.3) is 0 Å². The van der Waals surface area contributed by atoms with Crippen LogP contribution in [0.15, 0.2) is 24.3 Å². The van der Waals surface area contributed by atoms with E-state index in [-0.39, 0.29) is 11.3 Å². The van der Waals surface area contributed by atoms with Crippen molar-refractivity contribution < 1.29 is 5.11 Å². The van der Waals surface area contributed by atoms with E-state index in [0.29, 0.717) is 0 Å². The number of aromatic hydroxyl groups is 1. The monoisotopic (exact) mass is 179 g/mol. The van der Waals surface area contributed by atoms with Gasteiger partial charge in [-0.05, 0) is 30.5 Å². The Morgan fingerprint density at radius 1 is 1.31 bits per heavy atom. The van der Waals surface area contributed by atoms with Crippen LogP contribution in [-0.4, -0.2) is 5.11 Å². The second kappa shape index (κ2) is 3.79. The van der Waals surface area contributed by atoms with Crippen LogP contribution >= 0.6 is 0 Å². The lowest BCUT2D eigenvalue weighted by Gasteiger charge is -2.27. The lowest BCUT2D eigenvalue weighted by atomic mass is 9.86. The highest BCUT2D eigenvalue weighted by atomic mass is 16.3. The highest BCUT2D eigenvalue weighted by Crippen LogP contribution is 2.27. The number of benzene rings is 1. The molecule has 0 aliphatic carbocycles. The molecule has 1 aromatic rings. The molecule has 0 atom stereocenters. The Kier molecular flexibility index (Phi) is 2.94. The van der Waals surface area contributed by atoms with Crippen LogP contribution in [0.25, 0.3) is 0 Å². The van der Waals surface area contributed by atoms with E-state index < -0.39 is 0 Å². The third kappa shape index (κ3) is 2.01. The number of rotatable bonds is 3. The molecule has 0 bridgehead atoms. The van der Waals surface area contributed by atoms with E-state index in [9.17, 15) is 5.11 Å². The highest BCUT2D eigenvalue weighted by Gasteiger charge is 2.22. The predicted molar refractivity (Wildman–Crippen MR) is 54.6 cm³/mol. The van der Waals surface area contributed by atoms with Crippen LogP contribution in [0.1, 0.15) is 32.3 Å². The normalized spacial score (nSPS) is 11.6. The van der Waals surface area contributed by atoms with E-state index in [2.05, 4.69) is 13.8 Å². The first-order chi connectivity index (χ1) is 6.12. The summed E-state index contributed by atoms with van der Waals surface area (Å²) in [5.41, 5.74) is 6.89. The van der Waals surface area contributed by atoms with Gasteiger partial charge in [0.05, 0.1) is 0 Å². The molecule has 13 heavy (non-hydrogen) atoms. The van der Waals surface area contributed by atoms with Crippen LogP contribution in [0, 0.1) is 0 Å². The molecule has 0 unspecified atom stereocenters. The molecule has 0 radical (unpaired) electrons. The predicted octanol–water partition coefficient (Wildman–Crippen LogP) is 2.37. The minimum atomic E-state index is -0.293. The lowest BCUT2D eigenvalue weighted by Crippen LogP contribution is -2.34. The van der Waals surface area contributed by atoms with Crippen molar-refractivity contribution in [2.24, 2.45) is 5.73 Å². The second-order valence-corrected chi connectivity index (χ2v) is 3.41. The maximum absolute atomic E-state index is 9.31. The SMILES string of the molecule is CCC(N)(CC)c1cccc(O)c1. The molecule has 3 N–H and O–H groups in total. The summed E-state index contributed by atoms with van der Waals surface area (Å²) < 4.78 is 0. The smallest absolute Gasteiger partial charge is 0.115 e. The summed E-state index contributed by atoms with van der Waals surface area (Å²) in [6.07, 6.45) is 1.76. The number of nitrogens with two attached hydrogens (primary N) is 1. The molecule has 0 aliphatic heterocycles. The first kappa shape index (κ1) is 10.1. The fourth-order valence-electron chi connectivity index (χ4n) is 1.47. The zero-order valence-electron chi connectivity index (χ0n) is 8.25. The molecule has 0 aliphatic rings. The molecule has 0 amide bonds. The van der Waals surface area contributed by atoms with Crippen LogP contribution in [-0.2, 0) is 5.54 Å². The van der Waals surface area contributed by atoms with E-state index in [4.69, 9.17) is 5.73 Å². The molecule has 0 aromatic heterocycles. The van der Waals surface area contributed by atoms with Gasteiger partial charge >= 0.3 is 0 Å². The Labute approximate surface area is 79.4 Å². The molecule has 0 heterocycles. The van der Waals surface area contributed by atoms with Crippen LogP contribution in [0.2, 0.25) is 0 Å². The molecule has 1 rings (SSSR count). The van der Waals surface area contributed by atoms with Gasteiger partial charge in [-0.1, -0.05) is 26.0 Å². The van der Waals surface area contributed by atoms with Gasteiger partial charge in [-0.3, -0.25) is 0 Å². The average molecular weight is 179 g/mol. The summed E-state index contributed by atoms with van der Waals surface area (Å²) in [7, 11) is 0. The number of phenolic OH excluding ortho intramolecular Hbond substituents is 1. The summed E-state index contributed by atoms with van der Waals surface area (Å²) in [6, 6.07) is 7.20. The summed E-state index contributed by atoms with van der Waals surface area (Å²) in [4.78, 5) is 0. The van der Waals surface area contributed by atoms with Crippen molar-refractivity contribution >= 4 is 0 Å². The molecule has 0 saturated heterocycles. The lowest BCUT2D eigenvalue weighted by molar-refractivity contribution is 0.407. The minimum absolute atomic E-state index is 0.286. The summed E-state index contributed by atoms with van der Waals surface area (Å²) in [6.45, 7) is 4.13. The van der Waals surface area contributed by atoms with Crippen molar-refractivity contribution in [2.75, 3.05) is 0 Å². The maximum atomic E-state index is 9.31. The average Bonchev–Trinajstić information content (AvgIpc) is 2.17. The van der Waals surface area contributed by atoms with E-state index in [0.717, 1.165) is 18.4 Å². The summed E-state index contributed by atoms with van der Waals surface area (Å²) in [5, 5.41) is 9.31. The standard InChI is InChI=1S/C11H17NO/c1-3-11(12,4-2)9-6-5-7-10(13)8-9/h5-8,13H,3-4,12H2,1-2H3. The van der Waals surface area contributed by atoms with Crippen molar-refractivity contribution in [3.63, 3.8) is 0 Å². The Morgan fingerprint density at radius 3 is 2.38 bits per heavy atom. The van der Waals surface area contributed by atoms with Gasteiger partial charge in [0.1, 0.15) is 5.75 Å². The molecule has 0 spiro atoms. The molecule has 0 saturated carbocycles. The fraction of sp³-hybridized carbons (Fsp3) is 0.455. The van der Waals surface area contributed by atoms with Gasteiger partial charge in [-0.15, -0.1) is 0 Å². The first-order valence-corrected chi connectivity index (χ1v) is 4.70. The molecule has 72 valence electrons. The Morgan fingerprint density at radius 2 is 1.92 bits per heavy atom. The van der Waals surface area contributed by atoms with E-state index in [1.54, 1.807) is 12.1 Å². The Bertz CT molecular complexity index is 279. The minimum Gasteiger partial charge on any atom is -0.508 e. The molecular weight excluding hydrogens is 162 g/mol. The van der Waals surface area contributed by atoms with Gasteiger partial charge in [-0.2, -0.15) is 0 Å². The number of hydrogen-bond donors (Lipinski definition) is 2. The van der Waals surface area contributed by atoms with Crippen molar-refractivity contribution in [3.05, 3.63) is 29.8 Å². The van der Waals surface area contributed by atoms with E-state index in [1.165, 1.54) is 0 Å². The van der Waals surface area contributed by atoms with Crippen LogP contribution in [0.3, 0.4) is 0 Å². The fourth-order valence-corrected chi connectivity index (χ4v) is 1.47. The number of hydrogen-bond acceptors (Lipinski definition) is 2. The third-order valence-electron chi connectivity index (χ3n) is 2.68. The molecule has 0 fully saturated rings. The highest BCUT2D eigenvalue weighted by molar-refractivity contribution is 5.32. The van der Waals surface area contributed by atoms with Gasteiger partial charge < -0.3 is 10.8 Å². The van der Waals surface area contributed by atoms with E-state index in [1.807, 2.05) is 12.1 Å². The quantitative estimate of drug-likeness (QED) is 0.748. The largest absolute Gasteiger partial charge is 0.508 e. The van der Waals surface area contributed by atoms with Gasteiger partial charge in [0, 0.05) is 5.54 Å². The first-order valence-electron chi connectivity index (χ1n) is 4.70. The van der Waals surface area contributed by atoms with Crippen LogP contribution in [0.4, 0.5) is 0 Å². The van der Waals surface area contributed by atoms with Crippen molar-refractivity contribution in [2.45, 2.75) is 32.2 Å².